The van der Waals surface area contributed by atoms with Crippen molar-refractivity contribution in [2.24, 2.45) is 5.92 Å². The van der Waals surface area contributed by atoms with Gasteiger partial charge in [-0.3, -0.25) is 0 Å². The lowest BCUT2D eigenvalue weighted by atomic mass is 9.94. The summed E-state index contributed by atoms with van der Waals surface area (Å²) in [5.41, 5.74) is 0.257. The van der Waals surface area contributed by atoms with E-state index in [1.165, 1.54) is 6.42 Å². The maximum absolute atomic E-state index is 10.9. The van der Waals surface area contributed by atoms with Crippen molar-refractivity contribution >= 4 is 5.97 Å². The summed E-state index contributed by atoms with van der Waals surface area (Å²) in [6.07, 6.45) is 7.97. The molecule has 0 bridgehead atoms. The van der Waals surface area contributed by atoms with Crippen LogP contribution in [0.25, 0.3) is 0 Å². The third-order valence-electron chi connectivity index (χ3n) is 3.31. The Balaban J connectivity index is 1.81. The predicted molar refractivity (Wildman–Crippen MR) is 68.6 cm³/mol. The van der Waals surface area contributed by atoms with Crippen LogP contribution in [0.5, 0.6) is 0 Å². The second-order valence-corrected chi connectivity index (χ2v) is 4.77. The van der Waals surface area contributed by atoms with Gasteiger partial charge in [-0.25, -0.2) is 4.79 Å². The second kappa shape index (κ2) is 5.87. The van der Waals surface area contributed by atoms with Gasteiger partial charge in [-0.2, -0.15) is 0 Å². The molecule has 0 amide bonds. The lowest BCUT2D eigenvalue weighted by Crippen LogP contribution is -2.22. The molecule has 2 N–H and O–H groups in total. The number of aromatic carboxylic acids is 1. The minimum atomic E-state index is -0.931. The topological polar surface area (TPSA) is 62.5 Å². The Morgan fingerprint density at radius 2 is 2.39 bits per heavy atom. The van der Waals surface area contributed by atoms with Crippen molar-refractivity contribution in [2.75, 3.05) is 6.54 Å². The van der Waals surface area contributed by atoms with E-state index in [1.807, 2.05) is 0 Å². The van der Waals surface area contributed by atoms with Gasteiger partial charge in [-0.1, -0.05) is 12.2 Å². The van der Waals surface area contributed by atoms with E-state index in [-0.39, 0.29) is 5.56 Å². The fraction of sp³-hybridized carbons (Fsp3) is 0.500. The number of carbonyl (C=O) groups is 1. The molecule has 1 heterocycles. The summed E-state index contributed by atoms with van der Waals surface area (Å²) in [5.74, 6) is 0.918. The van der Waals surface area contributed by atoms with Gasteiger partial charge in [0.15, 0.2) is 0 Å². The molecule has 1 atom stereocenters. The fourth-order valence-corrected chi connectivity index (χ4v) is 2.28. The summed E-state index contributed by atoms with van der Waals surface area (Å²) in [5, 5.41) is 12.3. The van der Waals surface area contributed by atoms with Crippen LogP contribution in [0.1, 0.15) is 41.1 Å². The number of nitrogens with one attached hydrogen (secondary N) is 1. The van der Waals surface area contributed by atoms with Crippen molar-refractivity contribution in [3.05, 3.63) is 35.3 Å². The van der Waals surface area contributed by atoms with E-state index < -0.39 is 5.97 Å². The summed E-state index contributed by atoms with van der Waals surface area (Å²) in [7, 11) is 0. The van der Waals surface area contributed by atoms with Crippen molar-refractivity contribution < 1.29 is 14.3 Å². The van der Waals surface area contributed by atoms with Gasteiger partial charge in [0.25, 0.3) is 0 Å². The minimum Gasteiger partial charge on any atom is -0.478 e. The van der Waals surface area contributed by atoms with Gasteiger partial charge < -0.3 is 14.8 Å². The average molecular weight is 249 g/mol. The quantitative estimate of drug-likeness (QED) is 0.788. The Labute approximate surface area is 107 Å². The van der Waals surface area contributed by atoms with Gasteiger partial charge in [0.2, 0.25) is 0 Å². The molecule has 0 saturated heterocycles. The SMILES string of the molecule is Cc1oc(CNCC2CC=CCC2)cc1C(=O)O. The van der Waals surface area contributed by atoms with E-state index >= 15 is 0 Å². The third kappa shape index (κ3) is 3.23. The lowest BCUT2D eigenvalue weighted by molar-refractivity contribution is 0.0695. The fourth-order valence-electron chi connectivity index (χ4n) is 2.28. The molecule has 18 heavy (non-hydrogen) atoms. The smallest absolute Gasteiger partial charge is 0.339 e. The van der Waals surface area contributed by atoms with Crippen LogP contribution < -0.4 is 5.32 Å². The first-order chi connectivity index (χ1) is 8.66. The van der Waals surface area contributed by atoms with E-state index in [0.29, 0.717) is 24.0 Å². The van der Waals surface area contributed by atoms with Crippen molar-refractivity contribution in [3.63, 3.8) is 0 Å². The number of allylic oxidation sites excluding steroid dienone is 2. The Bertz CT molecular complexity index is 448. The molecule has 2 rings (SSSR count). The highest BCUT2D eigenvalue weighted by atomic mass is 16.4. The van der Waals surface area contributed by atoms with Crippen LogP contribution in [0.4, 0.5) is 0 Å². The summed E-state index contributed by atoms with van der Waals surface area (Å²) < 4.78 is 5.41. The first-order valence-electron chi connectivity index (χ1n) is 6.35. The highest BCUT2D eigenvalue weighted by Crippen LogP contribution is 2.18. The Morgan fingerprint density at radius 1 is 1.56 bits per heavy atom. The summed E-state index contributed by atoms with van der Waals surface area (Å²) in [6.45, 7) is 3.22. The van der Waals surface area contributed by atoms with Crippen LogP contribution in [0.3, 0.4) is 0 Å². The predicted octanol–water partition coefficient (Wildman–Crippen LogP) is 2.73. The van der Waals surface area contributed by atoms with E-state index in [0.717, 1.165) is 19.4 Å². The van der Waals surface area contributed by atoms with Crippen molar-refractivity contribution in [3.8, 4) is 0 Å². The Kier molecular flexibility index (Phi) is 4.20. The molecule has 4 heteroatoms. The molecular formula is C14H19NO3. The molecule has 0 aliphatic heterocycles. The zero-order valence-electron chi connectivity index (χ0n) is 10.6. The van der Waals surface area contributed by atoms with Gasteiger partial charge in [0.1, 0.15) is 17.1 Å². The van der Waals surface area contributed by atoms with Crippen LogP contribution in [-0.4, -0.2) is 17.6 Å². The second-order valence-electron chi connectivity index (χ2n) is 4.77. The minimum absolute atomic E-state index is 0.257. The zero-order chi connectivity index (χ0) is 13.0. The summed E-state index contributed by atoms with van der Waals surface area (Å²) in [6, 6.07) is 1.60. The molecule has 4 nitrogen and oxygen atoms in total. The molecule has 1 aliphatic rings. The highest BCUT2D eigenvalue weighted by Gasteiger charge is 2.14. The molecule has 0 radical (unpaired) electrons. The van der Waals surface area contributed by atoms with E-state index in [1.54, 1.807) is 13.0 Å². The molecule has 1 aromatic heterocycles. The van der Waals surface area contributed by atoms with Gasteiger partial charge >= 0.3 is 5.97 Å². The van der Waals surface area contributed by atoms with Crippen LogP contribution in [-0.2, 0) is 6.54 Å². The third-order valence-corrected chi connectivity index (χ3v) is 3.31. The number of carboxylic acid groups (broad SMARTS) is 1. The van der Waals surface area contributed by atoms with Gasteiger partial charge in [0, 0.05) is 0 Å². The highest BCUT2D eigenvalue weighted by molar-refractivity contribution is 5.88. The number of hydrogen-bond donors (Lipinski definition) is 2. The van der Waals surface area contributed by atoms with Crippen molar-refractivity contribution in [2.45, 2.75) is 32.7 Å². The molecule has 0 saturated carbocycles. The Hall–Kier alpha value is -1.55. The molecule has 1 aromatic rings. The maximum Gasteiger partial charge on any atom is 0.339 e. The van der Waals surface area contributed by atoms with Crippen molar-refractivity contribution in [1.82, 2.24) is 5.32 Å². The van der Waals surface area contributed by atoms with E-state index in [2.05, 4.69) is 17.5 Å². The van der Waals surface area contributed by atoms with Crippen LogP contribution >= 0.6 is 0 Å². The molecule has 1 unspecified atom stereocenters. The molecule has 0 spiro atoms. The molecule has 1 aliphatic carbocycles. The molecule has 0 aromatic carbocycles. The number of rotatable bonds is 5. The number of furan rings is 1. The average Bonchev–Trinajstić information content (AvgIpc) is 2.72. The van der Waals surface area contributed by atoms with E-state index in [9.17, 15) is 4.79 Å². The molecule has 0 fully saturated rings. The molecule has 98 valence electrons. The van der Waals surface area contributed by atoms with Crippen LogP contribution in [0.15, 0.2) is 22.6 Å². The monoisotopic (exact) mass is 249 g/mol. The first kappa shape index (κ1) is 12.9. The summed E-state index contributed by atoms with van der Waals surface area (Å²) >= 11 is 0. The van der Waals surface area contributed by atoms with Gasteiger partial charge in [-0.05, 0) is 44.7 Å². The first-order valence-corrected chi connectivity index (χ1v) is 6.35. The van der Waals surface area contributed by atoms with Gasteiger partial charge in [-0.15, -0.1) is 0 Å². The van der Waals surface area contributed by atoms with Gasteiger partial charge in [0.05, 0.1) is 6.54 Å². The van der Waals surface area contributed by atoms with Crippen LogP contribution in [0, 0.1) is 12.8 Å². The number of aryl methyl sites for hydroxylation is 1. The molecular weight excluding hydrogens is 230 g/mol. The Morgan fingerprint density at radius 3 is 3.00 bits per heavy atom. The standard InChI is InChI=1S/C14H19NO3/c1-10-13(14(16)17)7-12(18-10)9-15-8-11-5-3-2-4-6-11/h2-3,7,11,15H,4-6,8-9H2,1H3,(H,16,17). The normalized spacial score (nSPS) is 19.1. The number of hydrogen-bond acceptors (Lipinski definition) is 3. The number of carboxylic acids is 1. The largest absolute Gasteiger partial charge is 0.478 e. The zero-order valence-corrected chi connectivity index (χ0v) is 10.6. The van der Waals surface area contributed by atoms with Crippen LogP contribution in [0.2, 0.25) is 0 Å². The lowest BCUT2D eigenvalue weighted by Gasteiger charge is -2.17. The maximum atomic E-state index is 10.9. The van der Waals surface area contributed by atoms with Crippen molar-refractivity contribution in [1.29, 1.82) is 0 Å². The summed E-state index contributed by atoms with van der Waals surface area (Å²) in [4.78, 5) is 10.9. The van der Waals surface area contributed by atoms with E-state index in [4.69, 9.17) is 9.52 Å².